The molecule has 4 rings (SSSR count). The topological polar surface area (TPSA) is 86.8 Å². The van der Waals surface area contributed by atoms with Gasteiger partial charge in [0, 0.05) is 18.7 Å². The fourth-order valence-corrected chi connectivity index (χ4v) is 4.42. The minimum atomic E-state index is -0.322. The van der Waals surface area contributed by atoms with Gasteiger partial charge in [-0.25, -0.2) is 4.39 Å². The molecule has 0 saturated heterocycles. The molecule has 7 nitrogen and oxygen atoms in total. The number of carbonyl (C=O) groups excluding carboxylic acids is 1. The summed E-state index contributed by atoms with van der Waals surface area (Å²) in [4.78, 5) is 15.5. The van der Waals surface area contributed by atoms with Crippen LogP contribution in [0.4, 0.5) is 15.8 Å². The van der Waals surface area contributed by atoms with E-state index in [1.807, 2.05) is 30.3 Å². The van der Waals surface area contributed by atoms with E-state index in [9.17, 15) is 9.18 Å². The Morgan fingerprint density at radius 3 is 2.24 bits per heavy atom. The maximum Gasteiger partial charge on any atom is 0.228 e. The van der Waals surface area contributed by atoms with Crippen LogP contribution in [-0.4, -0.2) is 39.6 Å². The van der Waals surface area contributed by atoms with Crippen molar-refractivity contribution in [3.63, 3.8) is 0 Å². The van der Waals surface area contributed by atoms with Crippen molar-refractivity contribution >= 4 is 17.3 Å². The molecule has 0 aliphatic heterocycles. The SMILES string of the molecule is CC(C)CN(CC(C)C)c1ccc(-c2ccccc2-c2nn[nH]n2)cc1NC(=O)Cc1ccc(F)cc1. The van der Waals surface area contributed by atoms with Crippen molar-refractivity contribution in [1.82, 2.24) is 20.6 Å². The van der Waals surface area contributed by atoms with Gasteiger partial charge in [-0.3, -0.25) is 4.79 Å². The van der Waals surface area contributed by atoms with Gasteiger partial charge >= 0.3 is 0 Å². The molecule has 4 aromatic rings. The van der Waals surface area contributed by atoms with Gasteiger partial charge in [0.05, 0.1) is 17.8 Å². The second-order valence-electron chi connectivity index (χ2n) is 10.1. The van der Waals surface area contributed by atoms with Crippen LogP contribution in [0.15, 0.2) is 66.7 Å². The Balaban J connectivity index is 1.74. The highest BCUT2D eigenvalue weighted by atomic mass is 19.1. The molecule has 0 atom stereocenters. The van der Waals surface area contributed by atoms with E-state index in [1.165, 1.54) is 12.1 Å². The van der Waals surface area contributed by atoms with E-state index in [-0.39, 0.29) is 18.1 Å². The van der Waals surface area contributed by atoms with E-state index in [0.717, 1.165) is 46.7 Å². The lowest BCUT2D eigenvalue weighted by Gasteiger charge is -2.31. The number of benzene rings is 3. The Bertz CT molecular complexity index is 1310. The summed E-state index contributed by atoms with van der Waals surface area (Å²) in [5.41, 5.74) is 5.15. The van der Waals surface area contributed by atoms with Crippen LogP contribution < -0.4 is 10.2 Å². The number of amides is 1. The number of tetrazole rings is 1. The number of halogens is 1. The normalized spacial score (nSPS) is 11.2. The number of aromatic amines is 1. The zero-order valence-corrected chi connectivity index (χ0v) is 21.7. The first-order valence-corrected chi connectivity index (χ1v) is 12.6. The molecule has 0 aliphatic carbocycles. The lowest BCUT2D eigenvalue weighted by Crippen LogP contribution is -2.32. The Morgan fingerprint density at radius 1 is 0.946 bits per heavy atom. The molecule has 3 aromatic carbocycles. The molecule has 192 valence electrons. The zero-order valence-electron chi connectivity index (χ0n) is 21.7. The third-order valence-corrected chi connectivity index (χ3v) is 5.88. The number of H-pyrrole nitrogens is 1. The summed E-state index contributed by atoms with van der Waals surface area (Å²) in [5.74, 6) is 0.908. The van der Waals surface area contributed by atoms with Gasteiger partial charge in [-0.15, -0.1) is 10.2 Å². The summed E-state index contributed by atoms with van der Waals surface area (Å²) >= 11 is 0. The van der Waals surface area contributed by atoms with Gasteiger partial charge in [0.15, 0.2) is 0 Å². The first-order chi connectivity index (χ1) is 17.8. The first-order valence-electron chi connectivity index (χ1n) is 12.6. The molecule has 1 amide bonds. The van der Waals surface area contributed by atoms with Gasteiger partial charge in [-0.05, 0) is 58.0 Å². The largest absolute Gasteiger partial charge is 0.369 e. The maximum atomic E-state index is 13.3. The molecule has 0 radical (unpaired) electrons. The van der Waals surface area contributed by atoms with Gasteiger partial charge in [0.25, 0.3) is 0 Å². The summed E-state index contributed by atoms with van der Waals surface area (Å²) in [7, 11) is 0. The number of rotatable bonds is 10. The first kappa shape index (κ1) is 26.0. The summed E-state index contributed by atoms with van der Waals surface area (Å²) in [6, 6.07) is 20.0. The molecule has 1 heterocycles. The van der Waals surface area contributed by atoms with Gasteiger partial charge in [-0.1, -0.05) is 70.2 Å². The number of nitrogens with one attached hydrogen (secondary N) is 2. The highest BCUT2D eigenvalue weighted by Crippen LogP contribution is 2.36. The Kier molecular flexibility index (Phi) is 8.28. The molecule has 37 heavy (non-hydrogen) atoms. The molecule has 2 N–H and O–H groups in total. The molecule has 0 saturated carbocycles. The molecule has 0 unspecified atom stereocenters. The van der Waals surface area contributed by atoms with Crippen LogP contribution in [-0.2, 0) is 11.2 Å². The fourth-order valence-electron chi connectivity index (χ4n) is 4.42. The predicted molar refractivity (Wildman–Crippen MR) is 146 cm³/mol. The van der Waals surface area contributed by atoms with Crippen molar-refractivity contribution in [2.24, 2.45) is 11.8 Å². The van der Waals surface area contributed by atoms with Crippen molar-refractivity contribution in [1.29, 1.82) is 0 Å². The minimum absolute atomic E-state index is 0.151. The van der Waals surface area contributed by atoms with Crippen molar-refractivity contribution in [2.75, 3.05) is 23.3 Å². The van der Waals surface area contributed by atoms with E-state index in [4.69, 9.17) is 0 Å². The molecule has 8 heteroatoms. The molecule has 1 aromatic heterocycles. The smallest absolute Gasteiger partial charge is 0.228 e. The van der Waals surface area contributed by atoms with Crippen molar-refractivity contribution in [3.05, 3.63) is 78.1 Å². The van der Waals surface area contributed by atoms with Gasteiger partial charge in [0.1, 0.15) is 5.82 Å². The Morgan fingerprint density at radius 2 is 1.62 bits per heavy atom. The van der Waals surface area contributed by atoms with Gasteiger partial charge in [0.2, 0.25) is 11.7 Å². The van der Waals surface area contributed by atoms with E-state index in [0.29, 0.717) is 17.7 Å². The zero-order chi connectivity index (χ0) is 26.4. The lowest BCUT2D eigenvalue weighted by molar-refractivity contribution is -0.115. The maximum absolute atomic E-state index is 13.3. The highest BCUT2D eigenvalue weighted by Gasteiger charge is 2.19. The summed E-state index contributed by atoms with van der Waals surface area (Å²) in [6.07, 6.45) is 0.151. The Labute approximate surface area is 217 Å². The molecule has 0 fully saturated rings. The summed E-state index contributed by atoms with van der Waals surface area (Å²) in [6.45, 7) is 10.5. The van der Waals surface area contributed by atoms with Crippen LogP contribution in [0.3, 0.4) is 0 Å². The third-order valence-electron chi connectivity index (χ3n) is 5.88. The number of nitrogens with zero attached hydrogens (tertiary/aromatic N) is 4. The number of anilines is 2. The van der Waals surface area contributed by atoms with E-state index < -0.39 is 0 Å². The van der Waals surface area contributed by atoms with Crippen LogP contribution in [0, 0.1) is 17.7 Å². The van der Waals surface area contributed by atoms with Crippen LogP contribution in [0.1, 0.15) is 33.3 Å². The van der Waals surface area contributed by atoms with Crippen molar-refractivity contribution < 1.29 is 9.18 Å². The Hall–Kier alpha value is -4.07. The van der Waals surface area contributed by atoms with Crippen LogP contribution >= 0.6 is 0 Å². The number of hydrogen-bond donors (Lipinski definition) is 2. The van der Waals surface area contributed by atoms with Gasteiger partial charge in [-0.2, -0.15) is 5.21 Å². The monoisotopic (exact) mass is 500 g/mol. The van der Waals surface area contributed by atoms with Crippen LogP contribution in [0.5, 0.6) is 0 Å². The summed E-state index contributed by atoms with van der Waals surface area (Å²) in [5, 5.41) is 17.7. The second-order valence-corrected chi connectivity index (χ2v) is 10.1. The number of hydrogen-bond acceptors (Lipinski definition) is 5. The van der Waals surface area contributed by atoms with Crippen LogP contribution in [0.2, 0.25) is 0 Å². The summed E-state index contributed by atoms with van der Waals surface area (Å²) < 4.78 is 13.3. The third kappa shape index (κ3) is 6.78. The van der Waals surface area contributed by atoms with Crippen molar-refractivity contribution in [2.45, 2.75) is 34.1 Å². The molecular weight excluding hydrogens is 467 g/mol. The average molecular weight is 501 g/mol. The highest BCUT2D eigenvalue weighted by molar-refractivity contribution is 5.97. The molecule has 0 aliphatic rings. The predicted octanol–water partition coefficient (Wildman–Crippen LogP) is 5.97. The fraction of sp³-hybridized carbons (Fsp3) is 0.310. The van der Waals surface area contributed by atoms with Crippen molar-refractivity contribution in [3.8, 4) is 22.5 Å². The standard InChI is InChI=1S/C29H33FN6O/c1-19(2)17-36(18-20(3)4)27-14-11-22(24-7-5-6-8-25(24)29-32-34-35-33-29)16-26(27)31-28(37)15-21-9-12-23(30)13-10-21/h5-14,16,19-20H,15,17-18H2,1-4H3,(H,31,37)(H,32,33,34,35). The van der Waals surface area contributed by atoms with E-state index >= 15 is 0 Å². The van der Waals surface area contributed by atoms with E-state index in [1.54, 1.807) is 12.1 Å². The minimum Gasteiger partial charge on any atom is -0.369 e. The van der Waals surface area contributed by atoms with E-state index in [2.05, 4.69) is 70.7 Å². The number of carbonyl (C=O) groups is 1. The molecule has 0 bridgehead atoms. The second kappa shape index (κ2) is 11.8. The lowest BCUT2D eigenvalue weighted by atomic mass is 9.97. The number of aromatic nitrogens is 4. The molecule has 0 spiro atoms. The quantitative estimate of drug-likeness (QED) is 0.280. The average Bonchev–Trinajstić information content (AvgIpc) is 3.39. The van der Waals surface area contributed by atoms with Crippen LogP contribution in [0.25, 0.3) is 22.5 Å². The molecular formula is C29H33FN6O. The van der Waals surface area contributed by atoms with Gasteiger partial charge < -0.3 is 10.2 Å².